The number of ether oxygens (including phenoxy) is 1. The van der Waals surface area contributed by atoms with Crippen molar-refractivity contribution in [2.24, 2.45) is 0 Å². The summed E-state index contributed by atoms with van der Waals surface area (Å²) in [7, 11) is -2.53. The van der Waals surface area contributed by atoms with Gasteiger partial charge in [-0.05, 0) is 37.6 Å². The molecule has 0 aliphatic carbocycles. The van der Waals surface area contributed by atoms with Gasteiger partial charge in [-0.1, -0.05) is 11.6 Å². The third-order valence-electron chi connectivity index (χ3n) is 3.90. The molecular formula is C14H18ClF3N2O3S. The van der Waals surface area contributed by atoms with Gasteiger partial charge in [0.2, 0.25) is 10.0 Å². The highest BCUT2D eigenvalue weighted by molar-refractivity contribution is 7.89. The third-order valence-corrected chi connectivity index (χ3v) is 5.79. The molecule has 0 bridgehead atoms. The Hall–Kier alpha value is -0.870. The molecule has 1 heterocycles. The van der Waals surface area contributed by atoms with Gasteiger partial charge < -0.3 is 10.1 Å². The molecule has 1 aromatic rings. The Bertz CT molecular complexity index is 689. The highest BCUT2D eigenvalue weighted by Gasteiger charge is 2.36. The zero-order chi connectivity index (χ0) is 18.0. The standard InChI is InChI=1S/C14H18ClF3N2O3S/c1-23-9-13(5-2-6-19-13)8-20-24(21,22)12-4-3-10(7-11(12)15)14(16,17)18/h3-4,7,19-20H,2,5-6,8-9H2,1H3. The smallest absolute Gasteiger partial charge is 0.383 e. The first-order chi connectivity index (χ1) is 11.1. The Kier molecular flexibility index (Phi) is 5.81. The molecule has 0 aromatic heterocycles. The summed E-state index contributed by atoms with van der Waals surface area (Å²) >= 11 is 5.75. The number of hydrogen-bond acceptors (Lipinski definition) is 4. The average molecular weight is 387 g/mol. The van der Waals surface area contributed by atoms with Gasteiger partial charge in [0.25, 0.3) is 0 Å². The van der Waals surface area contributed by atoms with Crippen molar-refractivity contribution in [1.82, 2.24) is 10.0 Å². The molecule has 2 rings (SSSR count). The summed E-state index contributed by atoms with van der Waals surface area (Å²) in [4.78, 5) is -0.386. The van der Waals surface area contributed by atoms with Crippen LogP contribution in [0.1, 0.15) is 18.4 Å². The molecule has 136 valence electrons. The second kappa shape index (κ2) is 7.17. The summed E-state index contributed by atoms with van der Waals surface area (Å²) in [6, 6.07) is 2.16. The third kappa shape index (κ3) is 4.40. The van der Waals surface area contributed by atoms with Crippen LogP contribution in [-0.2, 0) is 20.9 Å². The summed E-state index contributed by atoms with van der Waals surface area (Å²) in [5.74, 6) is 0. The van der Waals surface area contributed by atoms with Crippen molar-refractivity contribution < 1.29 is 26.3 Å². The molecule has 10 heteroatoms. The Morgan fingerprint density at radius 2 is 2.12 bits per heavy atom. The fourth-order valence-corrected chi connectivity index (χ4v) is 4.35. The number of methoxy groups -OCH3 is 1. The lowest BCUT2D eigenvalue weighted by Gasteiger charge is -2.29. The fraction of sp³-hybridized carbons (Fsp3) is 0.571. The van der Waals surface area contributed by atoms with Crippen molar-refractivity contribution in [3.05, 3.63) is 28.8 Å². The molecule has 5 nitrogen and oxygen atoms in total. The van der Waals surface area contributed by atoms with E-state index < -0.39 is 32.3 Å². The first kappa shape index (κ1) is 19.5. The lowest BCUT2D eigenvalue weighted by molar-refractivity contribution is -0.137. The van der Waals surface area contributed by atoms with Crippen LogP contribution in [0, 0.1) is 0 Å². The molecular weight excluding hydrogens is 369 g/mol. The summed E-state index contributed by atoms with van der Waals surface area (Å²) in [5, 5.41) is 2.73. The summed E-state index contributed by atoms with van der Waals surface area (Å²) in [6.07, 6.45) is -2.98. The van der Waals surface area contributed by atoms with E-state index in [1.807, 2.05) is 0 Å². The van der Waals surface area contributed by atoms with Crippen LogP contribution in [0.3, 0.4) is 0 Å². The highest BCUT2D eigenvalue weighted by Crippen LogP contribution is 2.33. The maximum atomic E-state index is 12.6. The fourth-order valence-electron chi connectivity index (χ4n) is 2.68. The average Bonchev–Trinajstić information content (AvgIpc) is 2.93. The molecule has 1 aromatic carbocycles. The number of sulfonamides is 1. The van der Waals surface area contributed by atoms with E-state index in [-0.39, 0.29) is 11.4 Å². The van der Waals surface area contributed by atoms with E-state index >= 15 is 0 Å². The monoisotopic (exact) mass is 386 g/mol. The number of nitrogens with one attached hydrogen (secondary N) is 2. The quantitative estimate of drug-likeness (QED) is 0.788. The second-order valence-corrected chi connectivity index (χ2v) is 7.85. The first-order valence-corrected chi connectivity index (χ1v) is 9.06. The predicted molar refractivity (Wildman–Crippen MR) is 83.5 cm³/mol. The van der Waals surface area contributed by atoms with Gasteiger partial charge in [0.1, 0.15) is 4.90 Å². The van der Waals surface area contributed by atoms with Crippen molar-refractivity contribution in [2.75, 3.05) is 26.8 Å². The van der Waals surface area contributed by atoms with E-state index in [1.165, 1.54) is 7.11 Å². The highest BCUT2D eigenvalue weighted by atomic mass is 35.5. The molecule has 1 aliphatic heterocycles. The molecule has 0 spiro atoms. The minimum absolute atomic E-state index is 0.0561. The number of rotatable bonds is 6. The Morgan fingerprint density at radius 1 is 1.42 bits per heavy atom. The van der Waals surface area contributed by atoms with Gasteiger partial charge >= 0.3 is 6.18 Å². The van der Waals surface area contributed by atoms with Crippen molar-refractivity contribution in [1.29, 1.82) is 0 Å². The van der Waals surface area contributed by atoms with Gasteiger partial charge in [0.15, 0.2) is 0 Å². The molecule has 1 atom stereocenters. The Balaban J connectivity index is 2.18. The molecule has 24 heavy (non-hydrogen) atoms. The maximum absolute atomic E-state index is 12.6. The topological polar surface area (TPSA) is 67.4 Å². The van der Waals surface area contributed by atoms with Crippen LogP contribution < -0.4 is 10.0 Å². The number of halogens is 4. The Morgan fingerprint density at radius 3 is 2.62 bits per heavy atom. The Labute approximate surface area is 143 Å². The van der Waals surface area contributed by atoms with Crippen LogP contribution >= 0.6 is 11.6 Å². The van der Waals surface area contributed by atoms with Crippen molar-refractivity contribution in [3.63, 3.8) is 0 Å². The SMILES string of the molecule is COCC1(CNS(=O)(=O)c2ccc(C(F)(F)F)cc2Cl)CCCN1. The van der Waals surface area contributed by atoms with E-state index in [0.717, 1.165) is 25.5 Å². The maximum Gasteiger partial charge on any atom is 0.416 e. The molecule has 1 saturated heterocycles. The molecule has 1 fully saturated rings. The number of benzene rings is 1. The minimum atomic E-state index is -4.59. The van der Waals surface area contributed by atoms with Crippen LogP contribution in [0.4, 0.5) is 13.2 Å². The predicted octanol–water partition coefficient (Wildman–Crippen LogP) is 2.41. The van der Waals surface area contributed by atoms with E-state index in [1.54, 1.807) is 0 Å². The molecule has 2 N–H and O–H groups in total. The molecule has 1 aliphatic rings. The molecule has 1 unspecified atom stereocenters. The van der Waals surface area contributed by atoms with Crippen molar-refractivity contribution in [3.8, 4) is 0 Å². The van der Waals surface area contributed by atoms with Gasteiger partial charge in [-0.2, -0.15) is 13.2 Å². The van der Waals surface area contributed by atoms with E-state index in [2.05, 4.69) is 10.0 Å². The van der Waals surface area contributed by atoms with Crippen LogP contribution in [0.15, 0.2) is 23.1 Å². The zero-order valence-corrected chi connectivity index (χ0v) is 14.5. The van der Waals surface area contributed by atoms with E-state index in [9.17, 15) is 21.6 Å². The molecule has 0 amide bonds. The van der Waals surface area contributed by atoms with Crippen LogP contribution in [0.2, 0.25) is 5.02 Å². The van der Waals surface area contributed by atoms with Crippen molar-refractivity contribution >= 4 is 21.6 Å². The lowest BCUT2D eigenvalue weighted by Crippen LogP contribution is -2.52. The zero-order valence-electron chi connectivity index (χ0n) is 12.9. The second-order valence-electron chi connectivity index (χ2n) is 5.71. The normalized spacial score (nSPS) is 22.0. The van der Waals surface area contributed by atoms with Gasteiger partial charge in [-0.3, -0.25) is 0 Å². The van der Waals surface area contributed by atoms with Crippen molar-refractivity contribution in [2.45, 2.75) is 29.5 Å². The number of hydrogen-bond donors (Lipinski definition) is 2. The van der Waals surface area contributed by atoms with Gasteiger partial charge in [0, 0.05) is 13.7 Å². The lowest BCUT2D eigenvalue weighted by atomic mass is 9.99. The van der Waals surface area contributed by atoms with Gasteiger partial charge in [0.05, 0.1) is 22.7 Å². The molecule has 0 radical (unpaired) electrons. The van der Waals surface area contributed by atoms with Crippen LogP contribution in [0.5, 0.6) is 0 Å². The van der Waals surface area contributed by atoms with E-state index in [4.69, 9.17) is 16.3 Å². The van der Waals surface area contributed by atoms with Crippen LogP contribution in [0.25, 0.3) is 0 Å². The van der Waals surface area contributed by atoms with Gasteiger partial charge in [-0.15, -0.1) is 0 Å². The minimum Gasteiger partial charge on any atom is -0.383 e. The summed E-state index contributed by atoms with van der Waals surface area (Å²) in [5.41, 5.74) is -1.53. The van der Waals surface area contributed by atoms with Crippen LogP contribution in [-0.4, -0.2) is 40.8 Å². The van der Waals surface area contributed by atoms with E-state index in [0.29, 0.717) is 18.7 Å². The van der Waals surface area contributed by atoms with Gasteiger partial charge in [-0.25, -0.2) is 13.1 Å². The largest absolute Gasteiger partial charge is 0.416 e. The first-order valence-electron chi connectivity index (χ1n) is 7.20. The summed E-state index contributed by atoms with van der Waals surface area (Å²) < 4.78 is 70.2. The number of alkyl halides is 3. The summed E-state index contributed by atoms with van der Waals surface area (Å²) in [6.45, 7) is 1.11. The molecule has 0 saturated carbocycles.